The summed E-state index contributed by atoms with van der Waals surface area (Å²) in [5.74, 6) is 0. The maximum atomic E-state index is 9.88. The minimum Gasteiger partial charge on any atom is -0.364 e. The second-order valence-electron chi connectivity index (χ2n) is 5.19. The second-order valence-corrected chi connectivity index (χ2v) is 5.19. The Hall–Kier alpha value is -1.72. The minimum absolute atomic E-state index is 0.341. The smallest absolute Gasteiger partial charge is 0.183 e. The second kappa shape index (κ2) is 10.1. The van der Waals surface area contributed by atoms with Crippen LogP contribution in [-0.2, 0) is 14.2 Å². The van der Waals surface area contributed by atoms with Crippen LogP contribution in [0.15, 0.2) is 60.7 Å². The zero-order chi connectivity index (χ0) is 16.3. The van der Waals surface area contributed by atoms with E-state index in [-0.39, 0.29) is 6.29 Å². The average molecular weight is 316 g/mol. The van der Waals surface area contributed by atoms with Gasteiger partial charge in [-0.15, -0.1) is 0 Å². The summed E-state index contributed by atoms with van der Waals surface area (Å²) in [5.41, 5.74) is 1.78. The van der Waals surface area contributed by atoms with Crippen LogP contribution >= 0.6 is 0 Å². The minimum atomic E-state index is -0.867. The Kier molecular flexibility index (Phi) is 7.77. The van der Waals surface area contributed by atoms with E-state index in [1.807, 2.05) is 60.7 Å². The molecule has 0 spiro atoms. The Morgan fingerprint density at radius 1 is 0.783 bits per heavy atom. The van der Waals surface area contributed by atoms with Crippen LogP contribution < -0.4 is 0 Å². The highest BCUT2D eigenvalue weighted by molar-refractivity contribution is 5.16. The Morgan fingerprint density at radius 2 is 1.30 bits per heavy atom. The molecular weight excluding hydrogens is 292 g/mol. The van der Waals surface area contributed by atoms with Crippen molar-refractivity contribution in [2.24, 2.45) is 0 Å². The third kappa shape index (κ3) is 6.12. The van der Waals surface area contributed by atoms with Crippen LogP contribution in [0.25, 0.3) is 0 Å². The number of unbranched alkanes of at least 4 members (excludes halogenated alkanes) is 1. The Bertz CT molecular complexity index is 530. The van der Waals surface area contributed by atoms with Crippen LogP contribution in [0.3, 0.4) is 0 Å². The topological polar surface area (TPSA) is 47.9 Å². The fourth-order valence-electron chi connectivity index (χ4n) is 2.21. The number of methoxy groups -OCH3 is 1. The van der Waals surface area contributed by atoms with Crippen LogP contribution in [0.4, 0.5) is 0 Å². The molecule has 0 heterocycles. The number of hydrogen-bond donors (Lipinski definition) is 1. The van der Waals surface area contributed by atoms with E-state index in [1.165, 1.54) is 0 Å². The predicted molar refractivity (Wildman–Crippen MR) is 88.7 cm³/mol. The zero-order valence-corrected chi connectivity index (χ0v) is 13.4. The first-order valence-electron chi connectivity index (χ1n) is 7.85. The summed E-state index contributed by atoms with van der Waals surface area (Å²) in [6.45, 7) is 1.07. The third-order valence-electron chi connectivity index (χ3n) is 3.45. The molecule has 0 aliphatic heterocycles. The highest BCUT2D eigenvalue weighted by atomic mass is 16.7. The number of ether oxygens (including phenoxy) is 3. The van der Waals surface area contributed by atoms with Gasteiger partial charge < -0.3 is 19.3 Å². The molecule has 0 fully saturated rings. The van der Waals surface area contributed by atoms with Crippen LogP contribution in [0.5, 0.6) is 0 Å². The van der Waals surface area contributed by atoms with Gasteiger partial charge in [0.05, 0.1) is 13.2 Å². The van der Waals surface area contributed by atoms with E-state index in [4.69, 9.17) is 14.2 Å². The van der Waals surface area contributed by atoms with Gasteiger partial charge in [0.2, 0.25) is 0 Å². The summed E-state index contributed by atoms with van der Waals surface area (Å²) in [6.07, 6.45) is 0.448. The molecule has 2 rings (SSSR count). The first-order chi connectivity index (χ1) is 11.3. The van der Waals surface area contributed by atoms with Crippen molar-refractivity contribution >= 4 is 0 Å². The van der Waals surface area contributed by atoms with Crippen LogP contribution in [-0.4, -0.2) is 25.4 Å². The van der Waals surface area contributed by atoms with E-state index in [0.29, 0.717) is 13.2 Å². The number of aliphatic hydroxyl groups excluding tert-OH is 1. The normalized spacial score (nSPS) is 13.7. The SMILES string of the molecule is COC(OCCCCOC(O)c1ccccc1)c1ccccc1. The first kappa shape index (κ1) is 17.6. The van der Waals surface area contributed by atoms with Crippen molar-refractivity contribution in [1.82, 2.24) is 0 Å². The van der Waals surface area contributed by atoms with E-state index in [2.05, 4.69) is 0 Å². The quantitative estimate of drug-likeness (QED) is 0.534. The summed E-state index contributed by atoms with van der Waals surface area (Å²) < 4.78 is 16.5. The molecule has 0 radical (unpaired) electrons. The van der Waals surface area contributed by atoms with Crippen molar-refractivity contribution in [3.63, 3.8) is 0 Å². The van der Waals surface area contributed by atoms with Crippen molar-refractivity contribution in [3.05, 3.63) is 71.8 Å². The first-order valence-corrected chi connectivity index (χ1v) is 7.85. The van der Waals surface area contributed by atoms with E-state index < -0.39 is 6.29 Å². The average Bonchev–Trinajstić information content (AvgIpc) is 2.62. The van der Waals surface area contributed by atoms with E-state index in [9.17, 15) is 5.11 Å². The maximum Gasteiger partial charge on any atom is 0.183 e. The largest absolute Gasteiger partial charge is 0.364 e. The molecule has 4 nitrogen and oxygen atoms in total. The fourth-order valence-corrected chi connectivity index (χ4v) is 2.21. The highest BCUT2D eigenvalue weighted by Crippen LogP contribution is 2.18. The number of rotatable bonds is 10. The molecular formula is C19H24O4. The standard InChI is InChI=1S/C19H24O4/c1-21-19(17-12-6-3-7-13-17)23-15-9-8-14-22-18(20)16-10-4-2-5-11-16/h2-7,10-13,18-20H,8-9,14-15H2,1H3. The molecule has 4 heteroatoms. The van der Waals surface area contributed by atoms with Crippen LogP contribution in [0.1, 0.15) is 36.5 Å². The summed E-state index contributed by atoms with van der Waals surface area (Å²) in [4.78, 5) is 0. The van der Waals surface area contributed by atoms with Crippen molar-refractivity contribution < 1.29 is 19.3 Å². The number of aliphatic hydroxyl groups is 1. The number of benzene rings is 2. The Balaban J connectivity index is 1.60. The molecule has 0 saturated carbocycles. The third-order valence-corrected chi connectivity index (χ3v) is 3.45. The molecule has 23 heavy (non-hydrogen) atoms. The Labute approximate surface area is 137 Å². The van der Waals surface area contributed by atoms with Crippen LogP contribution in [0.2, 0.25) is 0 Å². The molecule has 2 aromatic rings. The fraction of sp³-hybridized carbons (Fsp3) is 0.368. The highest BCUT2D eigenvalue weighted by Gasteiger charge is 2.10. The van der Waals surface area contributed by atoms with Gasteiger partial charge in [0.25, 0.3) is 0 Å². The van der Waals surface area contributed by atoms with Gasteiger partial charge in [-0.05, 0) is 12.8 Å². The molecule has 2 atom stereocenters. The molecule has 0 saturated heterocycles. The lowest BCUT2D eigenvalue weighted by molar-refractivity contribution is -0.132. The van der Waals surface area contributed by atoms with E-state index in [0.717, 1.165) is 24.0 Å². The molecule has 2 unspecified atom stereocenters. The van der Waals surface area contributed by atoms with Crippen LogP contribution in [0, 0.1) is 0 Å². The predicted octanol–water partition coefficient (Wildman–Crippen LogP) is 3.84. The summed E-state index contributed by atoms with van der Waals surface area (Å²) in [6, 6.07) is 19.2. The lowest BCUT2D eigenvalue weighted by atomic mass is 10.2. The zero-order valence-electron chi connectivity index (χ0n) is 13.4. The molecule has 1 N–H and O–H groups in total. The molecule has 0 aliphatic carbocycles. The van der Waals surface area contributed by atoms with Crippen molar-refractivity contribution in [2.45, 2.75) is 25.4 Å². The van der Waals surface area contributed by atoms with Gasteiger partial charge in [-0.25, -0.2) is 0 Å². The molecule has 0 bridgehead atoms. The van der Waals surface area contributed by atoms with Gasteiger partial charge in [0.15, 0.2) is 12.6 Å². The van der Waals surface area contributed by atoms with Gasteiger partial charge in [0.1, 0.15) is 0 Å². The summed E-state index contributed by atoms with van der Waals surface area (Å²) in [7, 11) is 1.64. The van der Waals surface area contributed by atoms with Gasteiger partial charge in [-0.2, -0.15) is 0 Å². The Morgan fingerprint density at radius 3 is 1.87 bits per heavy atom. The van der Waals surface area contributed by atoms with Crippen molar-refractivity contribution in [2.75, 3.05) is 20.3 Å². The summed E-state index contributed by atoms with van der Waals surface area (Å²) in [5, 5.41) is 9.88. The van der Waals surface area contributed by atoms with Gasteiger partial charge >= 0.3 is 0 Å². The molecule has 0 aliphatic rings. The molecule has 0 aromatic heterocycles. The van der Waals surface area contributed by atoms with E-state index >= 15 is 0 Å². The monoisotopic (exact) mass is 316 g/mol. The lowest BCUT2D eigenvalue weighted by Gasteiger charge is -2.17. The van der Waals surface area contributed by atoms with Gasteiger partial charge in [0, 0.05) is 18.2 Å². The van der Waals surface area contributed by atoms with Gasteiger partial charge in [-0.3, -0.25) is 0 Å². The van der Waals surface area contributed by atoms with E-state index in [1.54, 1.807) is 7.11 Å². The number of hydrogen-bond acceptors (Lipinski definition) is 4. The summed E-state index contributed by atoms with van der Waals surface area (Å²) >= 11 is 0. The van der Waals surface area contributed by atoms with Crippen molar-refractivity contribution in [1.29, 1.82) is 0 Å². The van der Waals surface area contributed by atoms with Gasteiger partial charge in [-0.1, -0.05) is 60.7 Å². The van der Waals surface area contributed by atoms with Crippen molar-refractivity contribution in [3.8, 4) is 0 Å². The lowest BCUT2D eigenvalue weighted by Crippen LogP contribution is -2.09. The molecule has 2 aromatic carbocycles. The maximum absolute atomic E-state index is 9.88. The molecule has 124 valence electrons. The molecule has 0 amide bonds.